The van der Waals surface area contributed by atoms with Gasteiger partial charge in [0.1, 0.15) is 0 Å². The van der Waals surface area contributed by atoms with Crippen molar-refractivity contribution < 1.29 is 4.79 Å². The number of para-hydroxylation sites is 2. The van der Waals surface area contributed by atoms with E-state index < -0.39 is 0 Å². The van der Waals surface area contributed by atoms with Crippen LogP contribution in [-0.4, -0.2) is 13.9 Å². The second-order valence-corrected chi connectivity index (χ2v) is 3.51. The van der Waals surface area contributed by atoms with Crippen LogP contribution in [-0.2, 0) is 0 Å². The minimum absolute atomic E-state index is 0.316. The lowest BCUT2D eigenvalue weighted by Crippen LogP contribution is -2.20. The summed E-state index contributed by atoms with van der Waals surface area (Å²) in [6.07, 6.45) is 0. The first-order valence-corrected chi connectivity index (χ1v) is 5.23. The van der Waals surface area contributed by atoms with Crippen molar-refractivity contribution in [2.75, 3.05) is 5.32 Å². The summed E-state index contributed by atoms with van der Waals surface area (Å²) in [7, 11) is 5.14. The van der Waals surface area contributed by atoms with Gasteiger partial charge in [-0.3, -0.25) is 4.79 Å². The third-order valence-corrected chi connectivity index (χ3v) is 2.36. The molecule has 0 bridgehead atoms. The maximum Gasteiger partial charge on any atom is 0.240 e. The van der Waals surface area contributed by atoms with Crippen molar-refractivity contribution in [1.29, 1.82) is 0 Å². The van der Waals surface area contributed by atoms with Gasteiger partial charge in [-0.05, 0) is 24.3 Å². The Labute approximate surface area is 101 Å². The van der Waals surface area contributed by atoms with Crippen molar-refractivity contribution in [3.8, 4) is 0 Å². The van der Waals surface area contributed by atoms with E-state index in [9.17, 15) is 4.79 Å². The highest BCUT2D eigenvalue weighted by Crippen LogP contribution is 2.20. The zero-order valence-electron chi connectivity index (χ0n) is 9.18. The van der Waals surface area contributed by atoms with E-state index in [4.69, 9.17) is 7.98 Å². The Morgan fingerprint density at radius 3 is 2.29 bits per heavy atom. The molecule has 0 fully saturated rings. The molecule has 2 rings (SSSR count). The predicted octanol–water partition coefficient (Wildman–Crippen LogP) is 2.24. The van der Waals surface area contributed by atoms with E-state index in [1.54, 1.807) is 12.1 Å². The highest BCUT2D eigenvalue weighted by atomic mass is 16.1. The van der Waals surface area contributed by atoms with Crippen molar-refractivity contribution in [2.24, 2.45) is 0 Å². The lowest BCUT2D eigenvalue weighted by atomic mass is 10.1. The van der Waals surface area contributed by atoms with Crippen LogP contribution in [0.2, 0.25) is 0 Å². The lowest BCUT2D eigenvalue weighted by molar-refractivity contribution is 0.0982. The van der Waals surface area contributed by atoms with Gasteiger partial charge in [-0.2, -0.15) is 0 Å². The van der Waals surface area contributed by atoms with Crippen LogP contribution in [0.5, 0.6) is 0 Å². The fraction of sp³-hybridized carbons (Fsp3) is 0. The van der Waals surface area contributed by atoms with Gasteiger partial charge in [0, 0.05) is 5.69 Å². The van der Waals surface area contributed by atoms with Gasteiger partial charge in [-0.1, -0.05) is 30.3 Å². The third kappa shape index (κ3) is 2.66. The van der Waals surface area contributed by atoms with Crippen molar-refractivity contribution in [3.63, 3.8) is 0 Å². The zero-order valence-corrected chi connectivity index (χ0v) is 9.18. The summed E-state index contributed by atoms with van der Waals surface area (Å²) in [5, 5.41) is 5.30. The fourth-order valence-electron chi connectivity index (χ4n) is 1.54. The van der Waals surface area contributed by atoms with Crippen LogP contribution in [0.15, 0.2) is 54.6 Å². The number of anilines is 2. The molecule has 2 radical (unpaired) electrons. The molecule has 3 nitrogen and oxygen atoms in total. The largest absolute Gasteiger partial charge is 0.405 e. The first-order chi connectivity index (χ1) is 8.31. The average molecular weight is 222 g/mol. The second kappa shape index (κ2) is 5.21. The van der Waals surface area contributed by atoms with Gasteiger partial charge in [0.15, 0.2) is 0 Å². The fourth-order valence-corrected chi connectivity index (χ4v) is 1.54. The smallest absolute Gasteiger partial charge is 0.240 e. The minimum atomic E-state index is -0.316. The van der Waals surface area contributed by atoms with Gasteiger partial charge in [0.2, 0.25) is 13.9 Å². The first-order valence-electron chi connectivity index (χ1n) is 5.23. The molecule has 2 N–H and O–H groups in total. The number of hydrogen-bond donors (Lipinski definition) is 2. The highest BCUT2D eigenvalue weighted by Gasteiger charge is 2.08. The van der Waals surface area contributed by atoms with Crippen LogP contribution in [0, 0.1) is 0 Å². The molecule has 4 heteroatoms. The molecule has 0 aliphatic carbocycles. The zero-order chi connectivity index (χ0) is 12.1. The third-order valence-electron chi connectivity index (χ3n) is 2.36. The molecule has 0 spiro atoms. The molecule has 0 aliphatic heterocycles. The lowest BCUT2D eigenvalue weighted by Gasteiger charge is -2.10. The summed E-state index contributed by atoms with van der Waals surface area (Å²) >= 11 is 0. The summed E-state index contributed by atoms with van der Waals surface area (Å²) in [4.78, 5) is 11.5. The van der Waals surface area contributed by atoms with E-state index >= 15 is 0 Å². The number of rotatable bonds is 3. The van der Waals surface area contributed by atoms with Crippen molar-refractivity contribution in [2.45, 2.75) is 0 Å². The van der Waals surface area contributed by atoms with Gasteiger partial charge in [-0.15, -0.1) is 0 Å². The molecular weight excluding hydrogens is 211 g/mol. The first kappa shape index (κ1) is 11.3. The van der Waals surface area contributed by atoms with Gasteiger partial charge in [-0.25, -0.2) is 0 Å². The average Bonchev–Trinajstić information content (AvgIpc) is 2.40. The summed E-state index contributed by atoms with van der Waals surface area (Å²) < 4.78 is 0. The highest BCUT2D eigenvalue weighted by molar-refractivity contribution is 6.19. The molecule has 82 valence electrons. The molecule has 0 aromatic heterocycles. The summed E-state index contributed by atoms with van der Waals surface area (Å²) in [6, 6.07) is 16.8. The van der Waals surface area contributed by atoms with Crippen molar-refractivity contribution >= 4 is 25.3 Å². The van der Waals surface area contributed by atoms with Crippen LogP contribution in [0.1, 0.15) is 10.4 Å². The summed E-state index contributed by atoms with van der Waals surface area (Å²) in [5.74, 6) is -0.316. The molecule has 2 aromatic carbocycles. The van der Waals surface area contributed by atoms with Crippen LogP contribution in [0.4, 0.5) is 11.4 Å². The monoisotopic (exact) mass is 222 g/mol. The number of hydrogen-bond acceptors (Lipinski definition) is 2. The Bertz CT molecular complexity index is 514. The van der Waals surface area contributed by atoms with Gasteiger partial charge < -0.3 is 10.5 Å². The van der Waals surface area contributed by atoms with Crippen molar-refractivity contribution in [3.05, 3.63) is 60.2 Å². The molecule has 1 amide bonds. The Balaban J connectivity index is 2.30. The Kier molecular flexibility index (Phi) is 3.45. The van der Waals surface area contributed by atoms with Crippen LogP contribution < -0.4 is 10.5 Å². The topological polar surface area (TPSA) is 41.1 Å². The number of carbonyl (C=O) groups is 1. The van der Waals surface area contributed by atoms with Crippen LogP contribution >= 0.6 is 0 Å². The molecule has 17 heavy (non-hydrogen) atoms. The summed E-state index contributed by atoms with van der Waals surface area (Å²) in [5.41, 5.74) is 2.16. The number of amides is 1. The molecule has 0 unspecified atom stereocenters. The van der Waals surface area contributed by atoms with E-state index in [1.807, 2.05) is 42.5 Å². The summed E-state index contributed by atoms with van der Waals surface area (Å²) in [6.45, 7) is 0. The van der Waals surface area contributed by atoms with E-state index in [2.05, 4.69) is 10.5 Å². The molecule has 2 aromatic rings. The van der Waals surface area contributed by atoms with E-state index in [1.165, 1.54) is 0 Å². The quantitative estimate of drug-likeness (QED) is 0.782. The Morgan fingerprint density at radius 1 is 0.941 bits per heavy atom. The number of carbonyl (C=O) groups excluding carboxylic acids is 1. The van der Waals surface area contributed by atoms with Crippen molar-refractivity contribution in [1.82, 2.24) is 5.23 Å². The van der Waals surface area contributed by atoms with Gasteiger partial charge in [0.25, 0.3) is 0 Å². The molecule has 0 atom stereocenters. The molecule has 0 aliphatic rings. The standard InChI is InChI=1S/C13H11BN2O/c14-16-13(17)11-8-4-5-9-12(11)15-10-6-2-1-3-7-10/h1-9,15H,(H,16,17). The molecule has 0 saturated heterocycles. The second-order valence-electron chi connectivity index (χ2n) is 3.51. The molecule has 0 heterocycles. The molecular formula is C13H11BN2O. The van der Waals surface area contributed by atoms with Gasteiger partial charge >= 0.3 is 0 Å². The van der Waals surface area contributed by atoms with E-state index in [0.717, 1.165) is 11.4 Å². The predicted molar refractivity (Wildman–Crippen MR) is 69.4 cm³/mol. The Hall–Kier alpha value is -2.23. The van der Waals surface area contributed by atoms with Crippen LogP contribution in [0.3, 0.4) is 0 Å². The Morgan fingerprint density at radius 2 is 1.59 bits per heavy atom. The van der Waals surface area contributed by atoms with Crippen LogP contribution in [0.25, 0.3) is 0 Å². The minimum Gasteiger partial charge on any atom is -0.405 e. The molecule has 0 saturated carbocycles. The van der Waals surface area contributed by atoms with E-state index in [-0.39, 0.29) is 5.91 Å². The number of benzene rings is 2. The maximum atomic E-state index is 11.5. The normalized spacial score (nSPS) is 9.65. The maximum absolute atomic E-state index is 11.5. The SMILES string of the molecule is [B]NC(=O)c1ccccc1Nc1ccccc1. The number of nitrogens with one attached hydrogen (secondary N) is 2. The van der Waals surface area contributed by atoms with Gasteiger partial charge in [0.05, 0.1) is 11.3 Å². The van der Waals surface area contributed by atoms with E-state index in [0.29, 0.717) is 5.56 Å².